The zero-order valence-corrected chi connectivity index (χ0v) is 10.6. The van der Waals surface area contributed by atoms with Crippen LogP contribution in [-0.4, -0.2) is 21.2 Å². The number of hydrogen-bond acceptors (Lipinski definition) is 3. The van der Waals surface area contributed by atoms with Crippen LogP contribution in [0.25, 0.3) is 0 Å². The topological polar surface area (TPSA) is 78.0 Å². The summed E-state index contributed by atoms with van der Waals surface area (Å²) < 4.78 is 0. The van der Waals surface area contributed by atoms with E-state index in [-0.39, 0.29) is 11.7 Å². The molecule has 19 heavy (non-hydrogen) atoms. The van der Waals surface area contributed by atoms with Gasteiger partial charge in [-0.15, -0.1) is 0 Å². The van der Waals surface area contributed by atoms with Crippen molar-refractivity contribution in [2.75, 3.05) is 5.32 Å². The SMILES string of the molecule is Cc1ccc(O)c(NC(=O)c2cc(C3CC3)[nH]n2)c1. The van der Waals surface area contributed by atoms with Gasteiger partial charge in [-0.25, -0.2) is 0 Å². The molecule has 1 aliphatic carbocycles. The van der Waals surface area contributed by atoms with Crippen molar-refractivity contribution in [2.45, 2.75) is 25.7 Å². The second-order valence-electron chi connectivity index (χ2n) is 4.96. The average Bonchev–Trinajstić information content (AvgIpc) is 3.11. The highest BCUT2D eigenvalue weighted by molar-refractivity contribution is 6.03. The Labute approximate surface area is 110 Å². The number of benzene rings is 1. The van der Waals surface area contributed by atoms with Crippen LogP contribution in [0.4, 0.5) is 5.69 Å². The molecule has 1 aliphatic rings. The Morgan fingerprint density at radius 3 is 2.95 bits per heavy atom. The van der Waals surface area contributed by atoms with Gasteiger partial charge in [0.05, 0.1) is 5.69 Å². The van der Waals surface area contributed by atoms with Crippen LogP contribution in [0, 0.1) is 6.92 Å². The van der Waals surface area contributed by atoms with E-state index in [2.05, 4.69) is 15.5 Å². The molecule has 0 unspecified atom stereocenters. The van der Waals surface area contributed by atoms with Gasteiger partial charge in [0.2, 0.25) is 0 Å². The fraction of sp³-hybridized carbons (Fsp3) is 0.286. The highest BCUT2D eigenvalue weighted by atomic mass is 16.3. The lowest BCUT2D eigenvalue weighted by molar-refractivity contribution is 0.102. The minimum Gasteiger partial charge on any atom is -0.506 e. The van der Waals surface area contributed by atoms with E-state index < -0.39 is 0 Å². The quantitative estimate of drug-likeness (QED) is 0.739. The molecule has 1 aromatic carbocycles. The lowest BCUT2D eigenvalue weighted by atomic mass is 10.2. The van der Waals surface area contributed by atoms with Gasteiger partial charge in [-0.1, -0.05) is 6.07 Å². The number of aromatic amines is 1. The predicted molar refractivity (Wildman–Crippen MR) is 71.4 cm³/mol. The van der Waals surface area contributed by atoms with Crippen LogP contribution in [-0.2, 0) is 0 Å². The fourth-order valence-corrected chi connectivity index (χ4v) is 1.99. The molecule has 0 spiro atoms. The molecule has 3 N–H and O–H groups in total. The lowest BCUT2D eigenvalue weighted by Gasteiger charge is -2.06. The third-order valence-electron chi connectivity index (χ3n) is 3.25. The number of aryl methyl sites for hydroxylation is 1. The molecule has 0 aliphatic heterocycles. The molecule has 1 saturated carbocycles. The van der Waals surface area contributed by atoms with E-state index in [9.17, 15) is 9.90 Å². The number of aromatic nitrogens is 2. The van der Waals surface area contributed by atoms with Gasteiger partial charge in [-0.3, -0.25) is 9.89 Å². The smallest absolute Gasteiger partial charge is 0.276 e. The van der Waals surface area contributed by atoms with E-state index >= 15 is 0 Å². The molecule has 98 valence electrons. The number of phenolic OH excluding ortho intramolecular Hbond substituents is 1. The molecule has 5 heteroatoms. The Bertz CT molecular complexity index is 629. The van der Waals surface area contributed by atoms with Crippen molar-refractivity contribution >= 4 is 11.6 Å². The van der Waals surface area contributed by atoms with Crippen molar-refractivity contribution in [3.05, 3.63) is 41.2 Å². The zero-order chi connectivity index (χ0) is 13.4. The number of nitrogens with one attached hydrogen (secondary N) is 2. The summed E-state index contributed by atoms with van der Waals surface area (Å²) in [6.07, 6.45) is 2.31. The molecule has 0 saturated heterocycles. The maximum absolute atomic E-state index is 12.0. The monoisotopic (exact) mass is 257 g/mol. The number of nitrogens with zero attached hydrogens (tertiary/aromatic N) is 1. The first-order valence-corrected chi connectivity index (χ1v) is 6.30. The first kappa shape index (κ1) is 11.8. The third-order valence-corrected chi connectivity index (χ3v) is 3.25. The normalized spacial score (nSPS) is 14.4. The van der Waals surface area contributed by atoms with Gasteiger partial charge >= 0.3 is 0 Å². The van der Waals surface area contributed by atoms with Crippen LogP contribution in [0.3, 0.4) is 0 Å². The van der Waals surface area contributed by atoms with Gasteiger partial charge in [-0.2, -0.15) is 5.10 Å². The van der Waals surface area contributed by atoms with Crippen LogP contribution in [0.1, 0.15) is 40.5 Å². The maximum atomic E-state index is 12.0. The van der Waals surface area contributed by atoms with Crippen LogP contribution in [0.2, 0.25) is 0 Å². The summed E-state index contributed by atoms with van der Waals surface area (Å²) in [5.74, 6) is 0.266. The second-order valence-corrected chi connectivity index (χ2v) is 4.96. The number of H-pyrrole nitrogens is 1. The first-order chi connectivity index (χ1) is 9.13. The minimum absolute atomic E-state index is 0.0527. The molecule has 3 rings (SSSR count). The number of phenols is 1. The van der Waals surface area contributed by atoms with Gasteiger partial charge in [0.15, 0.2) is 5.69 Å². The molecule has 1 aromatic heterocycles. The highest BCUT2D eigenvalue weighted by Crippen LogP contribution is 2.39. The summed E-state index contributed by atoms with van der Waals surface area (Å²) in [4.78, 5) is 12.0. The maximum Gasteiger partial charge on any atom is 0.276 e. The molecular formula is C14H15N3O2. The minimum atomic E-state index is -0.316. The van der Waals surface area contributed by atoms with Gasteiger partial charge in [0.25, 0.3) is 5.91 Å². The van der Waals surface area contributed by atoms with E-state index in [4.69, 9.17) is 0 Å². The van der Waals surface area contributed by atoms with Crippen molar-refractivity contribution in [1.82, 2.24) is 10.2 Å². The Kier molecular flexibility index (Phi) is 2.74. The Morgan fingerprint density at radius 2 is 2.21 bits per heavy atom. The summed E-state index contributed by atoms with van der Waals surface area (Å²) in [7, 11) is 0. The van der Waals surface area contributed by atoms with E-state index in [0.717, 1.165) is 24.1 Å². The zero-order valence-electron chi connectivity index (χ0n) is 10.6. The molecule has 1 heterocycles. The number of hydrogen-bond donors (Lipinski definition) is 3. The molecule has 1 fully saturated rings. The third kappa shape index (κ3) is 2.45. The summed E-state index contributed by atoms with van der Waals surface area (Å²) in [6, 6.07) is 6.84. The van der Waals surface area contributed by atoms with Crippen molar-refractivity contribution in [3.8, 4) is 5.75 Å². The van der Waals surface area contributed by atoms with Gasteiger partial charge in [-0.05, 0) is 43.5 Å². The summed E-state index contributed by atoms with van der Waals surface area (Å²) in [5.41, 5.74) is 2.73. The lowest BCUT2D eigenvalue weighted by Crippen LogP contribution is -2.12. The fourth-order valence-electron chi connectivity index (χ4n) is 1.99. The molecular weight excluding hydrogens is 242 g/mol. The Morgan fingerprint density at radius 1 is 1.42 bits per heavy atom. The van der Waals surface area contributed by atoms with Crippen LogP contribution < -0.4 is 5.32 Å². The summed E-state index contributed by atoms with van der Waals surface area (Å²) in [6.45, 7) is 1.90. The van der Waals surface area contributed by atoms with Crippen LogP contribution in [0.15, 0.2) is 24.3 Å². The van der Waals surface area contributed by atoms with Crippen LogP contribution in [0.5, 0.6) is 5.75 Å². The molecule has 5 nitrogen and oxygen atoms in total. The number of rotatable bonds is 3. The highest BCUT2D eigenvalue weighted by Gasteiger charge is 2.26. The summed E-state index contributed by atoms with van der Waals surface area (Å²) in [5, 5.41) is 19.3. The summed E-state index contributed by atoms with van der Waals surface area (Å²) >= 11 is 0. The second kappa shape index (κ2) is 4.42. The predicted octanol–water partition coefficient (Wildman–Crippen LogP) is 2.55. The number of amides is 1. The van der Waals surface area contributed by atoms with Gasteiger partial charge in [0, 0.05) is 11.6 Å². The standard InChI is InChI=1S/C14H15N3O2/c1-8-2-5-13(18)11(6-8)15-14(19)12-7-10(16-17-12)9-3-4-9/h2,5-7,9,18H,3-4H2,1H3,(H,15,19)(H,16,17). The first-order valence-electron chi connectivity index (χ1n) is 6.30. The number of carbonyl (C=O) groups is 1. The van der Waals surface area contributed by atoms with Gasteiger partial charge < -0.3 is 10.4 Å². The van der Waals surface area contributed by atoms with Crippen molar-refractivity contribution in [3.63, 3.8) is 0 Å². The molecule has 1 amide bonds. The van der Waals surface area contributed by atoms with E-state index in [0.29, 0.717) is 17.3 Å². The number of aromatic hydroxyl groups is 1. The van der Waals surface area contributed by atoms with Crippen LogP contribution >= 0.6 is 0 Å². The largest absolute Gasteiger partial charge is 0.506 e. The molecule has 0 radical (unpaired) electrons. The molecule has 0 atom stereocenters. The van der Waals surface area contributed by atoms with E-state index in [1.807, 2.05) is 6.92 Å². The Balaban J connectivity index is 1.77. The number of anilines is 1. The average molecular weight is 257 g/mol. The molecule has 0 bridgehead atoms. The van der Waals surface area contributed by atoms with E-state index in [1.165, 1.54) is 0 Å². The molecule has 2 aromatic rings. The Hall–Kier alpha value is -2.30. The van der Waals surface area contributed by atoms with Crippen molar-refractivity contribution in [2.24, 2.45) is 0 Å². The van der Waals surface area contributed by atoms with Gasteiger partial charge in [0.1, 0.15) is 5.75 Å². The van der Waals surface area contributed by atoms with E-state index in [1.54, 1.807) is 24.3 Å². The number of carbonyl (C=O) groups excluding carboxylic acids is 1. The van der Waals surface area contributed by atoms with Crippen molar-refractivity contribution < 1.29 is 9.90 Å². The van der Waals surface area contributed by atoms with Crippen molar-refractivity contribution in [1.29, 1.82) is 0 Å².